The molecule has 2 saturated carbocycles. The first-order chi connectivity index (χ1) is 9.49. The topological polar surface area (TPSA) is 9.23 Å². The molecule has 108 valence electrons. The summed E-state index contributed by atoms with van der Waals surface area (Å²) in [5.41, 5.74) is 2.18. The fourth-order valence-corrected chi connectivity index (χ4v) is 6.87. The first-order valence-corrected chi connectivity index (χ1v) is 8.73. The molecule has 2 heteroatoms. The molecule has 1 nitrogen and oxygen atoms in total. The Bertz CT molecular complexity index is 525. The maximum Gasteiger partial charge on any atom is 0.120 e. The summed E-state index contributed by atoms with van der Waals surface area (Å²) in [5.74, 6) is 0.842. The van der Waals surface area contributed by atoms with Gasteiger partial charge in [-0.2, -0.15) is 0 Å². The van der Waals surface area contributed by atoms with Crippen molar-refractivity contribution in [2.24, 2.45) is 16.7 Å². The molecule has 1 saturated heterocycles. The van der Waals surface area contributed by atoms with E-state index in [-0.39, 0.29) is 4.93 Å². The van der Waals surface area contributed by atoms with E-state index in [2.05, 4.69) is 62.9 Å². The lowest BCUT2D eigenvalue weighted by atomic mass is 9.69. The fourth-order valence-electron chi connectivity index (χ4n) is 4.92. The van der Waals surface area contributed by atoms with E-state index in [0.717, 1.165) is 12.5 Å². The van der Waals surface area contributed by atoms with Crippen molar-refractivity contribution in [3.8, 4) is 0 Å². The predicted molar refractivity (Wildman–Crippen MR) is 84.7 cm³/mol. The van der Waals surface area contributed by atoms with Crippen LogP contribution in [0.2, 0.25) is 0 Å². The Morgan fingerprint density at radius 1 is 1.15 bits per heavy atom. The second-order valence-corrected chi connectivity index (χ2v) is 9.04. The molecule has 2 bridgehead atoms. The van der Waals surface area contributed by atoms with Crippen molar-refractivity contribution in [1.29, 1.82) is 0 Å². The zero-order valence-corrected chi connectivity index (χ0v) is 13.5. The minimum atomic E-state index is 0.0694. The Hall–Kier alpha value is -0.470. The van der Waals surface area contributed by atoms with E-state index in [0.29, 0.717) is 16.1 Å². The van der Waals surface area contributed by atoms with Gasteiger partial charge in [0.15, 0.2) is 0 Å². The standard InChI is InChI=1S/C18H24OS/c1-16(2)14-9-10-17(16,3)18(11-14)19-12-15(20-18)13-7-5-4-6-8-13/h4-8,14-15H,9-12H2,1-3H3/t14-,15+,17-,18+/m1/s1. The molecule has 3 fully saturated rings. The van der Waals surface area contributed by atoms with Crippen LogP contribution >= 0.6 is 11.8 Å². The van der Waals surface area contributed by atoms with Crippen LogP contribution in [0, 0.1) is 16.7 Å². The Kier molecular flexibility index (Phi) is 2.67. The molecular formula is C18H24OS. The van der Waals surface area contributed by atoms with Crippen LogP contribution in [0.4, 0.5) is 0 Å². The molecule has 1 aromatic carbocycles. The molecule has 0 amide bonds. The molecule has 4 atom stereocenters. The van der Waals surface area contributed by atoms with Crippen molar-refractivity contribution in [1.82, 2.24) is 0 Å². The van der Waals surface area contributed by atoms with Crippen LogP contribution in [-0.4, -0.2) is 11.5 Å². The molecule has 20 heavy (non-hydrogen) atoms. The van der Waals surface area contributed by atoms with Crippen LogP contribution in [0.25, 0.3) is 0 Å². The third kappa shape index (κ3) is 1.45. The minimum absolute atomic E-state index is 0.0694. The molecule has 0 aromatic heterocycles. The van der Waals surface area contributed by atoms with Crippen molar-refractivity contribution in [3.63, 3.8) is 0 Å². The maximum atomic E-state index is 6.50. The number of ether oxygens (including phenoxy) is 1. The smallest absolute Gasteiger partial charge is 0.120 e. The zero-order valence-electron chi connectivity index (χ0n) is 12.7. The van der Waals surface area contributed by atoms with Crippen molar-refractivity contribution in [2.45, 2.75) is 50.2 Å². The third-order valence-electron chi connectivity index (χ3n) is 6.76. The first kappa shape index (κ1) is 13.2. The summed E-state index contributed by atoms with van der Waals surface area (Å²) in [7, 11) is 0. The Labute approximate surface area is 126 Å². The van der Waals surface area contributed by atoms with E-state index < -0.39 is 0 Å². The molecule has 1 aliphatic heterocycles. The van der Waals surface area contributed by atoms with Crippen LogP contribution in [-0.2, 0) is 4.74 Å². The molecule has 0 N–H and O–H groups in total. The highest BCUT2D eigenvalue weighted by Crippen LogP contribution is 2.76. The predicted octanol–water partition coefficient (Wildman–Crippen LogP) is 5.03. The molecule has 0 unspecified atom stereocenters. The summed E-state index contributed by atoms with van der Waals surface area (Å²) in [4.78, 5) is 0.0694. The van der Waals surface area contributed by atoms with Gasteiger partial charge in [-0.25, -0.2) is 0 Å². The van der Waals surface area contributed by atoms with E-state index in [1.165, 1.54) is 24.8 Å². The lowest BCUT2D eigenvalue weighted by Crippen LogP contribution is -2.44. The van der Waals surface area contributed by atoms with E-state index in [9.17, 15) is 0 Å². The van der Waals surface area contributed by atoms with Crippen LogP contribution in [0.15, 0.2) is 30.3 Å². The van der Waals surface area contributed by atoms with Gasteiger partial charge in [-0.15, -0.1) is 11.8 Å². The van der Waals surface area contributed by atoms with Crippen LogP contribution in [0.5, 0.6) is 0 Å². The van der Waals surface area contributed by atoms with Gasteiger partial charge in [0.1, 0.15) is 4.93 Å². The second kappa shape index (κ2) is 4.04. The van der Waals surface area contributed by atoms with Gasteiger partial charge in [-0.1, -0.05) is 51.1 Å². The minimum Gasteiger partial charge on any atom is -0.362 e. The highest BCUT2D eigenvalue weighted by molar-refractivity contribution is 8.01. The molecule has 1 spiro atoms. The largest absolute Gasteiger partial charge is 0.362 e. The number of thioether (sulfide) groups is 1. The second-order valence-electron chi connectivity index (χ2n) is 7.57. The monoisotopic (exact) mass is 288 g/mol. The highest BCUT2D eigenvalue weighted by atomic mass is 32.2. The quantitative estimate of drug-likeness (QED) is 0.716. The molecular weight excluding hydrogens is 264 g/mol. The van der Waals surface area contributed by atoms with Crippen LogP contribution in [0.1, 0.15) is 50.8 Å². The van der Waals surface area contributed by atoms with Crippen LogP contribution in [0.3, 0.4) is 0 Å². The van der Waals surface area contributed by atoms with Gasteiger partial charge >= 0.3 is 0 Å². The van der Waals surface area contributed by atoms with E-state index >= 15 is 0 Å². The van der Waals surface area contributed by atoms with Crippen molar-refractivity contribution < 1.29 is 4.74 Å². The Balaban J connectivity index is 1.66. The van der Waals surface area contributed by atoms with Gasteiger partial charge in [-0.05, 0) is 36.2 Å². The summed E-state index contributed by atoms with van der Waals surface area (Å²) in [6.07, 6.45) is 3.98. The number of hydrogen-bond acceptors (Lipinski definition) is 2. The van der Waals surface area contributed by atoms with Gasteiger partial charge in [0.05, 0.1) is 11.9 Å². The number of fused-ring (bicyclic) bond motifs is 3. The SMILES string of the molecule is CC1(C)[C@@H]2CC[C@@]1(C)[C@@]1(C2)OC[C@@H](c2ccccc2)S1. The molecule has 2 aliphatic carbocycles. The molecule has 1 aromatic rings. The lowest BCUT2D eigenvalue weighted by Gasteiger charge is -2.45. The lowest BCUT2D eigenvalue weighted by molar-refractivity contribution is -0.0592. The Morgan fingerprint density at radius 3 is 2.50 bits per heavy atom. The van der Waals surface area contributed by atoms with E-state index in [1.807, 2.05) is 0 Å². The first-order valence-electron chi connectivity index (χ1n) is 7.85. The molecule has 4 rings (SSSR count). The number of hydrogen-bond donors (Lipinski definition) is 0. The zero-order chi connectivity index (χ0) is 14.0. The maximum absolute atomic E-state index is 6.50. The molecule has 0 radical (unpaired) electrons. The van der Waals surface area contributed by atoms with Crippen molar-refractivity contribution in [2.75, 3.05) is 6.61 Å². The van der Waals surface area contributed by atoms with Crippen molar-refractivity contribution in [3.05, 3.63) is 35.9 Å². The van der Waals surface area contributed by atoms with Gasteiger partial charge in [0, 0.05) is 5.41 Å². The van der Waals surface area contributed by atoms with Gasteiger partial charge in [0.2, 0.25) is 0 Å². The fraction of sp³-hybridized carbons (Fsp3) is 0.667. The summed E-state index contributed by atoms with van der Waals surface area (Å²) in [6, 6.07) is 10.9. The Morgan fingerprint density at radius 2 is 1.90 bits per heavy atom. The van der Waals surface area contributed by atoms with Crippen LogP contribution < -0.4 is 0 Å². The number of benzene rings is 1. The molecule has 1 heterocycles. The average molecular weight is 288 g/mol. The third-order valence-corrected chi connectivity index (χ3v) is 8.57. The van der Waals surface area contributed by atoms with Crippen molar-refractivity contribution >= 4 is 11.8 Å². The summed E-state index contributed by atoms with van der Waals surface area (Å²) in [5, 5.41) is 0.517. The normalized spacial score (nSPS) is 45.4. The average Bonchev–Trinajstić information content (AvgIpc) is 3.01. The van der Waals surface area contributed by atoms with Gasteiger partial charge in [0.25, 0.3) is 0 Å². The molecule has 3 aliphatic rings. The number of rotatable bonds is 1. The summed E-state index contributed by atoms with van der Waals surface area (Å²) >= 11 is 2.12. The van der Waals surface area contributed by atoms with Gasteiger partial charge in [-0.3, -0.25) is 0 Å². The van der Waals surface area contributed by atoms with E-state index in [1.54, 1.807) is 0 Å². The van der Waals surface area contributed by atoms with E-state index in [4.69, 9.17) is 4.74 Å². The highest BCUT2D eigenvalue weighted by Gasteiger charge is 2.71. The van der Waals surface area contributed by atoms with Gasteiger partial charge < -0.3 is 4.74 Å². The summed E-state index contributed by atoms with van der Waals surface area (Å²) in [6.45, 7) is 8.31. The summed E-state index contributed by atoms with van der Waals surface area (Å²) < 4.78 is 6.50.